The Bertz CT molecular complexity index is 750. The number of aromatic nitrogens is 2. The molecule has 0 aliphatic carbocycles. The lowest BCUT2D eigenvalue weighted by atomic mass is 10.1. The van der Waals surface area contributed by atoms with Crippen LogP contribution in [0.5, 0.6) is 0 Å². The summed E-state index contributed by atoms with van der Waals surface area (Å²) in [5.74, 6) is 0. The van der Waals surface area contributed by atoms with Crippen LogP contribution in [0.4, 0.5) is 0 Å². The van der Waals surface area contributed by atoms with Crippen LogP contribution in [0.3, 0.4) is 0 Å². The average molecular weight is 308 g/mol. The second-order valence-corrected chi connectivity index (χ2v) is 6.80. The van der Waals surface area contributed by atoms with Crippen LogP contribution in [0.25, 0.3) is 0 Å². The monoisotopic (exact) mass is 308 g/mol. The fraction of sp³-hybridized carbons (Fsp3) is 0.357. The molecule has 1 aromatic heterocycles. The minimum Gasteiger partial charge on any atom is -0.326 e. The number of sulfonamides is 1. The van der Waals surface area contributed by atoms with Gasteiger partial charge in [0.1, 0.15) is 0 Å². The van der Waals surface area contributed by atoms with E-state index >= 15 is 0 Å². The van der Waals surface area contributed by atoms with Crippen LogP contribution in [0.2, 0.25) is 0 Å². The van der Waals surface area contributed by atoms with Crippen molar-refractivity contribution in [2.75, 3.05) is 0 Å². The highest BCUT2D eigenvalue weighted by Crippen LogP contribution is 2.16. The van der Waals surface area contributed by atoms with Crippen LogP contribution in [-0.4, -0.2) is 18.2 Å². The van der Waals surface area contributed by atoms with Crippen molar-refractivity contribution in [2.45, 2.75) is 31.8 Å². The van der Waals surface area contributed by atoms with Gasteiger partial charge in [0.2, 0.25) is 10.0 Å². The fourth-order valence-corrected chi connectivity index (χ4v) is 3.17. The molecule has 114 valence electrons. The van der Waals surface area contributed by atoms with E-state index in [1.54, 1.807) is 36.1 Å². The zero-order valence-corrected chi connectivity index (χ0v) is 13.2. The molecule has 1 aromatic carbocycles. The molecule has 2 aromatic rings. The van der Waals surface area contributed by atoms with Crippen molar-refractivity contribution in [2.24, 2.45) is 12.8 Å². The molecule has 0 saturated heterocycles. The van der Waals surface area contributed by atoms with E-state index in [0.717, 1.165) is 22.4 Å². The number of nitrogens with two attached hydrogens (primary N) is 1. The Labute approximate surface area is 125 Å². The predicted octanol–water partition coefficient (Wildman–Crippen LogP) is 0.974. The summed E-state index contributed by atoms with van der Waals surface area (Å²) in [6.07, 6.45) is 1.80. The highest BCUT2D eigenvalue weighted by molar-refractivity contribution is 7.89. The molecule has 0 fully saturated rings. The zero-order valence-electron chi connectivity index (χ0n) is 12.4. The van der Waals surface area contributed by atoms with E-state index in [1.165, 1.54) is 0 Å². The van der Waals surface area contributed by atoms with Crippen molar-refractivity contribution in [3.8, 4) is 0 Å². The van der Waals surface area contributed by atoms with Crippen molar-refractivity contribution < 1.29 is 8.42 Å². The maximum absolute atomic E-state index is 12.3. The number of nitrogens with zero attached hydrogens (tertiary/aromatic N) is 2. The minimum atomic E-state index is -3.56. The molecule has 0 aliphatic rings. The maximum Gasteiger partial charge on any atom is 0.240 e. The van der Waals surface area contributed by atoms with Crippen LogP contribution in [0, 0.1) is 13.8 Å². The lowest BCUT2D eigenvalue weighted by molar-refractivity contribution is 0.581. The molecular weight excluding hydrogens is 288 g/mol. The van der Waals surface area contributed by atoms with Gasteiger partial charge in [-0.05, 0) is 37.1 Å². The fourth-order valence-electron chi connectivity index (χ4n) is 2.11. The number of rotatable bonds is 5. The highest BCUT2D eigenvalue weighted by Gasteiger charge is 2.16. The predicted molar refractivity (Wildman–Crippen MR) is 81.0 cm³/mol. The molecule has 0 atom stereocenters. The first-order chi connectivity index (χ1) is 9.83. The van der Waals surface area contributed by atoms with Crippen LogP contribution in [0.1, 0.15) is 22.4 Å². The molecular formula is C14H20N4O2S. The summed E-state index contributed by atoms with van der Waals surface area (Å²) in [5, 5.41) is 4.19. The molecule has 2 rings (SSSR count). The molecule has 6 nitrogen and oxygen atoms in total. The van der Waals surface area contributed by atoms with Crippen molar-refractivity contribution in [3.05, 3.63) is 46.8 Å². The Kier molecular flexibility index (Phi) is 4.46. The summed E-state index contributed by atoms with van der Waals surface area (Å²) in [5.41, 5.74) is 9.10. The van der Waals surface area contributed by atoms with Gasteiger partial charge in [0.15, 0.2) is 0 Å². The summed E-state index contributed by atoms with van der Waals surface area (Å²) in [4.78, 5) is 0.232. The van der Waals surface area contributed by atoms with Gasteiger partial charge in [-0.25, -0.2) is 13.1 Å². The van der Waals surface area contributed by atoms with E-state index in [2.05, 4.69) is 9.82 Å². The maximum atomic E-state index is 12.3. The number of nitrogens with one attached hydrogen (secondary N) is 1. The lowest BCUT2D eigenvalue weighted by Crippen LogP contribution is -2.23. The second-order valence-electron chi connectivity index (χ2n) is 5.03. The Morgan fingerprint density at radius 1 is 1.29 bits per heavy atom. The molecule has 1 heterocycles. The molecule has 21 heavy (non-hydrogen) atoms. The molecule has 0 bridgehead atoms. The minimum absolute atomic E-state index is 0.216. The average Bonchev–Trinajstić information content (AvgIpc) is 2.75. The van der Waals surface area contributed by atoms with Crippen LogP contribution in [-0.2, 0) is 30.2 Å². The van der Waals surface area contributed by atoms with Crippen molar-refractivity contribution in [3.63, 3.8) is 0 Å². The van der Waals surface area contributed by atoms with Crippen molar-refractivity contribution in [1.82, 2.24) is 14.5 Å². The standard InChI is InChI=1S/C14H20N4O2S/c1-10-4-5-14(6-12(10)7-15)21(19,20)16-8-13-9-18(3)17-11(13)2/h4-6,9,16H,7-8,15H2,1-3H3. The molecule has 0 amide bonds. The van der Waals surface area contributed by atoms with Crippen LogP contribution < -0.4 is 10.5 Å². The smallest absolute Gasteiger partial charge is 0.240 e. The Morgan fingerprint density at radius 2 is 2.00 bits per heavy atom. The largest absolute Gasteiger partial charge is 0.326 e. The van der Waals surface area contributed by atoms with E-state index in [0.29, 0.717) is 6.54 Å². The molecule has 3 N–H and O–H groups in total. The zero-order chi connectivity index (χ0) is 15.6. The number of benzene rings is 1. The summed E-state index contributed by atoms with van der Waals surface area (Å²) in [6, 6.07) is 4.98. The van der Waals surface area contributed by atoms with Gasteiger partial charge < -0.3 is 5.73 Å². The quantitative estimate of drug-likeness (QED) is 0.861. The van der Waals surface area contributed by atoms with Gasteiger partial charge in [-0.15, -0.1) is 0 Å². The summed E-state index contributed by atoms with van der Waals surface area (Å²) >= 11 is 0. The van der Waals surface area contributed by atoms with Gasteiger partial charge in [-0.2, -0.15) is 5.10 Å². The first-order valence-corrected chi connectivity index (χ1v) is 8.10. The first kappa shape index (κ1) is 15.7. The van der Waals surface area contributed by atoms with Gasteiger partial charge in [0.25, 0.3) is 0 Å². The number of aryl methyl sites for hydroxylation is 3. The number of hydrogen-bond acceptors (Lipinski definition) is 4. The third-order valence-corrected chi connectivity index (χ3v) is 4.82. The van der Waals surface area contributed by atoms with E-state index < -0.39 is 10.0 Å². The van der Waals surface area contributed by atoms with Gasteiger partial charge in [-0.3, -0.25) is 4.68 Å². The summed E-state index contributed by atoms with van der Waals surface area (Å²) < 4.78 is 28.9. The molecule has 0 saturated carbocycles. The Balaban J connectivity index is 2.20. The first-order valence-electron chi connectivity index (χ1n) is 6.62. The Morgan fingerprint density at radius 3 is 2.57 bits per heavy atom. The van der Waals surface area contributed by atoms with E-state index in [-0.39, 0.29) is 11.4 Å². The van der Waals surface area contributed by atoms with Crippen LogP contribution in [0.15, 0.2) is 29.3 Å². The topological polar surface area (TPSA) is 90.0 Å². The van der Waals surface area contributed by atoms with E-state index in [4.69, 9.17) is 5.73 Å². The summed E-state index contributed by atoms with van der Waals surface area (Å²) in [7, 11) is -1.75. The van der Waals surface area contributed by atoms with Gasteiger partial charge in [-0.1, -0.05) is 6.07 Å². The van der Waals surface area contributed by atoms with E-state index in [1.807, 2.05) is 13.8 Å². The SMILES string of the molecule is Cc1ccc(S(=O)(=O)NCc2cn(C)nc2C)cc1CN. The Hall–Kier alpha value is -1.70. The van der Waals surface area contributed by atoms with Crippen molar-refractivity contribution in [1.29, 1.82) is 0 Å². The second kappa shape index (κ2) is 5.97. The van der Waals surface area contributed by atoms with Crippen LogP contribution >= 0.6 is 0 Å². The molecule has 0 aliphatic heterocycles. The van der Waals surface area contributed by atoms with Gasteiger partial charge >= 0.3 is 0 Å². The molecule has 0 spiro atoms. The molecule has 7 heteroatoms. The molecule has 0 radical (unpaired) electrons. The summed E-state index contributed by atoms with van der Waals surface area (Å²) in [6.45, 7) is 4.29. The van der Waals surface area contributed by atoms with Gasteiger partial charge in [0.05, 0.1) is 10.6 Å². The normalized spacial score (nSPS) is 11.8. The molecule has 0 unspecified atom stereocenters. The number of hydrogen-bond donors (Lipinski definition) is 2. The third kappa shape index (κ3) is 3.49. The van der Waals surface area contributed by atoms with Gasteiger partial charge in [0, 0.05) is 31.9 Å². The third-order valence-electron chi connectivity index (χ3n) is 3.42. The highest BCUT2D eigenvalue weighted by atomic mass is 32.2. The lowest BCUT2D eigenvalue weighted by Gasteiger charge is -2.09. The van der Waals surface area contributed by atoms with Crippen molar-refractivity contribution >= 4 is 10.0 Å². The van der Waals surface area contributed by atoms with E-state index in [9.17, 15) is 8.42 Å².